The molecule has 1 fully saturated rings. The minimum absolute atomic E-state index is 0.0438. The van der Waals surface area contributed by atoms with Gasteiger partial charge in [-0.05, 0) is 49.6 Å². The summed E-state index contributed by atoms with van der Waals surface area (Å²) < 4.78 is 49.7. The smallest absolute Gasteiger partial charge is 0.150 e. The number of rotatable bonds is 4. The molecule has 1 aliphatic rings. The summed E-state index contributed by atoms with van der Waals surface area (Å²) >= 11 is 0. The van der Waals surface area contributed by atoms with Crippen molar-refractivity contribution in [1.82, 2.24) is 5.32 Å². The molecule has 2 atom stereocenters. The Kier molecular flexibility index (Phi) is 4.20. The summed E-state index contributed by atoms with van der Waals surface area (Å²) in [5.41, 5.74) is 0.281. The first-order valence-corrected chi connectivity index (χ1v) is 8.05. The highest BCUT2D eigenvalue weighted by atomic mass is 32.2. The Morgan fingerprint density at radius 2 is 2.16 bits per heavy atom. The van der Waals surface area contributed by atoms with Crippen molar-refractivity contribution in [3.8, 4) is 0 Å². The summed E-state index contributed by atoms with van der Waals surface area (Å²) in [7, 11) is -1.25. The van der Waals surface area contributed by atoms with Crippen molar-refractivity contribution < 1.29 is 17.2 Å². The first kappa shape index (κ1) is 14.4. The molecule has 0 spiro atoms. The van der Waals surface area contributed by atoms with Crippen molar-refractivity contribution in [2.45, 2.75) is 18.9 Å². The highest BCUT2D eigenvalue weighted by Gasteiger charge is 2.33. The topological polar surface area (TPSA) is 46.2 Å². The fraction of sp³-hybridized carbons (Fsp3) is 0.538. The Morgan fingerprint density at radius 3 is 2.74 bits per heavy atom. The van der Waals surface area contributed by atoms with Gasteiger partial charge < -0.3 is 5.32 Å². The summed E-state index contributed by atoms with van der Waals surface area (Å²) in [5.74, 6) is -0.679. The Hall–Kier alpha value is -1.01. The highest BCUT2D eigenvalue weighted by molar-refractivity contribution is 7.91. The predicted molar refractivity (Wildman–Crippen MR) is 69.7 cm³/mol. The van der Waals surface area contributed by atoms with Gasteiger partial charge in [-0.25, -0.2) is 17.2 Å². The molecular formula is C13H17F2NO2S. The van der Waals surface area contributed by atoms with E-state index in [1.165, 1.54) is 6.07 Å². The van der Waals surface area contributed by atoms with Crippen LogP contribution in [0.2, 0.25) is 0 Å². The van der Waals surface area contributed by atoms with Crippen LogP contribution in [0, 0.1) is 17.6 Å². The van der Waals surface area contributed by atoms with Crippen LogP contribution in [0.3, 0.4) is 0 Å². The van der Waals surface area contributed by atoms with E-state index < -0.39 is 21.5 Å². The van der Waals surface area contributed by atoms with Gasteiger partial charge in [-0.1, -0.05) is 0 Å². The number of benzene rings is 1. The lowest BCUT2D eigenvalue weighted by atomic mass is 9.93. The van der Waals surface area contributed by atoms with Gasteiger partial charge in [-0.2, -0.15) is 0 Å². The number of hydrogen-bond acceptors (Lipinski definition) is 3. The fourth-order valence-electron chi connectivity index (χ4n) is 2.58. The van der Waals surface area contributed by atoms with Crippen molar-refractivity contribution in [1.29, 1.82) is 0 Å². The summed E-state index contributed by atoms with van der Waals surface area (Å²) in [6.45, 7) is 0. The number of likely N-dealkylation sites (N-methyl/N-ethyl adjacent to an activating group) is 1. The van der Waals surface area contributed by atoms with Crippen molar-refractivity contribution in [3.63, 3.8) is 0 Å². The third kappa shape index (κ3) is 3.51. The zero-order chi connectivity index (χ0) is 14.0. The van der Waals surface area contributed by atoms with Gasteiger partial charge in [-0.3, -0.25) is 0 Å². The first-order chi connectivity index (χ1) is 8.91. The Labute approximate surface area is 111 Å². The van der Waals surface area contributed by atoms with Crippen LogP contribution < -0.4 is 5.32 Å². The largest absolute Gasteiger partial charge is 0.316 e. The Bertz CT molecular complexity index is 560. The summed E-state index contributed by atoms with van der Waals surface area (Å²) in [5, 5.41) is 3.02. The van der Waals surface area contributed by atoms with Crippen LogP contribution in [-0.4, -0.2) is 33.0 Å². The molecule has 106 valence electrons. The minimum Gasteiger partial charge on any atom is -0.316 e. The third-order valence-corrected chi connectivity index (χ3v) is 5.45. The first-order valence-electron chi connectivity index (χ1n) is 6.23. The van der Waals surface area contributed by atoms with E-state index in [0.717, 1.165) is 12.1 Å². The molecule has 1 aromatic rings. The van der Waals surface area contributed by atoms with Crippen LogP contribution in [0.15, 0.2) is 18.2 Å². The molecule has 1 aromatic carbocycles. The highest BCUT2D eigenvalue weighted by Crippen LogP contribution is 2.24. The molecule has 1 aliphatic heterocycles. The van der Waals surface area contributed by atoms with E-state index in [1.807, 2.05) is 0 Å². The van der Waals surface area contributed by atoms with E-state index in [1.54, 1.807) is 7.05 Å². The predicted octanol–water partition coefficient (Wildman–Crippen LogP) is 1.53. The molecule has 0 aromatic heterocycles. The van der Waals surface area contributed by atoms with Crippen LogP contribution in [-0.2, 0) is 16.3 Å². The number of hydrogen-bond donors (Lipinski definition) is 1. The van der Waals surface area contributed by atoms with Gasteiger partial charge in [0.2, 0.25) is 0 Å². The Morgan fingerprint density at radius 1 is 1.42 bits per heavy atom. The van der Waals surface area contributed by atoms with Crippen LogP contribution in [0.25, 0.3) is 0 Å². The molecule has 2 rings (SSSR count). The summed E-state index contributed by atoms with van der Waals surface area (Å²) in [6.07, 6.45) is 0.866. The van der Waals surface area contributed by atoms with Gasteiger partial charge in [0, 0.05) is 6.04 Å². The van der Waals surface area contributed by atoms with Gasteiger partial charge in [0.15, 0.2) is 9.84 Å². The molecule has 0 aliphatic carbocycles. The molecule has 1 heterocycles. The molecule has 19 heavy (non-hydrogen) atoms. The molecule has 6 heteroatoms. The normalized spacial score (nSPS) is 23.4. The molecule has 1 N–H and O–H groups in total. The molecule has 0 amide bonds. The van der Waals surface area contributed by atoms with Gasteiger partial charge in [0.05, 0.1) is 11.5 Å². The monoisotopic (exact) mass is 289 g/mol. The second-order valence-corrected chi connectivity index (χ2v) is 7.23. The molecule has 3 nitrogen and oxygen atoms in total. The maximum atomic E-state index is 13.6. The van der Waals surface area contributed by atoms with E-state index in [4.69, 9.17) is 0 Å². The van der Waals surface area contributed by atoms with Crippen LogP contribution in [0.4, 0.5) is 8.78 Å². The number of halogens is 2. The van der Waals surface area contributed by atoms with E-state index in [9.17, 15) is 17.2 Å². The van der Waals surface area contributed by atoms with E-state index in [-0.39, 0.29) is 29.0 Å². The van der Waals surface area contributed by atoms with Crippen molar-refractivity contribution >= 4 is 9.84 Å². The van der Waals surface area contributed by atoms with Crippen LogP contribution in [0.1, 0.15) is 12.0 Å². The molecule has 0 saturated carbocycles. The SMILES string of the molecule is CNC(Cc1cc(F)ccc1F)C1CCS(=O)(=O)C1. The summed E-state index contributed by atoms with van der Waals surface area (Å²) in [6, 6.07) is 3.19. The maximum absolute atomic E-state index is 13.6. The minimum atomic E-state index is -2.97. The van der Waals surface area contributed by atoms with E-state index in [2.05, 4.69) is 5.32 Å². The molecular weight excluding hydrogens is 272 g/mol. The van der Waals surface area contributed by atoms with E-state index >= 15 is 0 Å². The zero-order valence-corrected chi connectivity index (χ0v) is 11.5. The number of sulfone groups is 1. The summed E-state index contributed by atoms with van der Waals surface area (Å²) in [4.78, 5) is 0. The zero-order valence-electron chi connectivity index (χ0n) is 10.7. The van der Waals surface area contributed by atoms with Gasteiger partial charge in [0.1, 0.15) is 11.6 Å². The average molecular weight is 289 g/mol. The third-order valence-electron chi connectivity index (χ3n) is 3.66. The van der Waals surface area contributed by atoms with Gasteiger partial charge in [0.25, 0.3) is 0 Å². The quantitative estimate of drug-likeness (QED) is 0.914. The lowest BCUT2D eigenvalue weighted by Gasteiger charge is -2.22. The second-order valence-electron chi connectivity index (χ2n) is 5.00. The van der Waals surface area contributed by atoms with Crippen molar-refractivity contribution in [3.05, 3.63) is 35.4 Å². The molecule has 0 radical (unpaired) electrons. The van der Waals surface area contributed by atoms with E-state index in [0.29, 0.717) is 12.8 Å². The fourth-order valence-corrected chi connectivity index (χ4v) is 4.46. The van der Waals surface area contributed by atoms with Crippen molar-refractivity contribution in [2.75, 3.05) is 18.6 Å². The maximum Gasteiger partial charge on any atom is 0.150 e. The lowest BCUT2D eigenvalue weighted by molar-refractivity contribution is 0.397. The number of nitrogens with one attached hydrogen (secondary N) is 1. The van der Waals surface area contributed by atoms with Crippen LogP contribution in [0.5, 0.6) is 0 Å². The standard InChI is InChI=1S/C13H17F2NO2S/c1-16-13(9-4-5-19(17,18)8-9)7-10-6-11(14)2-3-12(10)15/h2-3,6,9,13,16H,4-5,7-8H2,1H3. The lowest BCUT2D eigenvalue weighted by Crippen LogP contribution is -2.36. The molecule has 0 bridgehead atoms. The molecule has 2 unspecified atom stereocenters. The second kappa shape index (κ2) is 5.54. The van der Waals surface area contributed by atoms with Gasteiger partial charge in [-0.15, -0.1) is 0 Å². The van der Waals surface area contributed by atoms with Crippen molar-refractivity contribution in [2.24, 2.45) is 5.92 Å². The molecule has 1 saturated heterocycles. The van der Waals surface area contributed by atoms with Gasteiger partial charge >= 0.3 is 0 Å². The average Bonchev–Trinajstić information content (AvgIpc) is 2.70. The Balaban J connectivity index is 2.13. The van der Waals surface area contributed by atoms with Crippen LogP contribution >= 0.6 is 0 Å².